The fourth-order valence-corrected chi connectivity index (χ4v) is 1.10. The maximum absolute atomic E-state index is 11.2. The van der Waals surface area contributed by atoms with Crippen LogP contribution < -0.4 is 5.56 Å². The normalized spacial score (nSPS) is 8.36. The summed E-state index contributed by atoms with van der Waals surface area (Å²) in [4.78, 5) is 16.2. The van der Waals surface area contributed by atoms with Crippen molar-refractivity contribution in [1.29, 1.82) is 0 Å². The molecule has 1 N–H and O–H groups in total. The Hall–Kier alpha value is -1.70. The lowest BCUT2D eigenvalue weighted by molar-refractivity contribution is 1.20. The van der Waals surface area contributed by atoms with Crippen molar-refractivity contribution in [1.82, 2.24) is 4.98 Å². The molecule has 1 rings (SSSR count). The largest absolute Gasteiger partial charge is 0.327 e. The van der Waals surface area contributed by atoms with Gasteiger partial charge >= 0.3 is 0 Å². The first-order chi connectivity index (χ1) is 6.74. The third kappa shape index (κ3) is 2.98. The number of H-pyrrole nitrogens is 1. The van der Waals surface area contributed by atoms with Crippen LogP contribution in [0.3, 0.4) is 0 Å². The summed E-state index contributed by atoms with van der Waals surface area (Å²) < 4.78 is 0.741. The van der Waals surface area contributed by atoms with E-state index in [9.17, 15) is 4.79 Å². The maximum atomic E-state index is 11.2. The Balaban J connectivity index is 2.94. The third-order valence-corrected chi connectivity index (χ3v) is 1.76. The molecular formula is C8H5BrN4O. The van der Waals surface area contributed by atoms with Gasteiger partial charge < -0.3 is 4.98 Å². The van der Waals surface area contributed by atoms with Gasteiger partial charge in [0, 0.05) is 15.6 Å². The van der Waals surface area contributed by atoms with Crippen LogP contribution in [-0.4, -0.2) is 11.5 Å². The molecule has 14 heavy (non-hydrogen) atoms. The quantitative estimate of drug-likeness (QED) is 0.352. The first kappa shape index (κ1) is 10.4. The average Bonchev–Trinajstić information content (AvgIpc) is 2.18. The van der Waals surface area contributed by atoms with Crippen LogP contribution in [0.15, 0.2) is 26.6 Å². The number of aromatic amines is 1. The van der Waals surface area contributed by atoms with Gasteiger partial charge in [-0.2, -0.15) is 0 Å². The minimum atomic E-state index is -0.262. The summed E-state index contributed by atoms with van der Waals surface area (Å²) in [5.74, 6) is 5.16. The summed E-state index contributed by atoms with van der Waals surface area (Å²) in [5, 5.41) is 3.22. The zero-order valence-electron chi connectivity index (χ0n) is 6.99. The molecule has 0 aromatic carbocycles. The molecule has 70 valence electrons. The summed E-state index contributed by atoms with van der Waals surface area (Å²) in [6.07, 6.45) is 1.53. The van der Waals surface area contributed by atoms with E-state index in [1.54, 1.807) is 6.07 Å². The number of aromatic nitrogens is 1. The summed E-state index contributed by atoms with van der Waals surface area (Å²) in [7, 11) is 0. The van der Waals surface area contributed by atoms with Crippen LogP contribution in [0.25, 0.3) is 10.4 Å². The van der Waals surface area contributed by atoms with E-state index in [0.717, 1.165) is 4.47 Å². The van der Waals surface area contributed by atoms with Crippen LogP contribution in [0.2, 0.25) is 0 Å². The van der Waals surface area contributed by atoms with Crippen molar-refractivity contribution in [2.24, 2.45) is 5.11 Å². The molecule has 0 aliphatic heterocycles. The third-order valence-electron chi connectivity index (χ3n) is 1.30. The predicted octanol–water partition coefficient (Wildman–Crippen LogP) is 1.80. The van der Waals surface area contributed by atoms with Gasteiger partial charge in [-0.1, -0.05) is 17.0 Å². The van der Waals surface area contributed by atoms with Crippen molar-refractivity contribution in [3.8, 4) is 11.8 Å². The summed E-state index contributed by atoms with van der Waals surface area (Å²) in [6, 6.07) is 1.60. The number of azide groups is 1. The van der Waals surface area contributed by atoms with Crippen LogP contribution in [-0.2, 0) is 0 Å². The molecule has 6 heteroatoms. The zero-order chi connectivity index (χ0) is 10.4. The monoisotopic (exact) mass is 252 g/mol. The molecule has 0 bridgehead atoms. The highest BCUT2D eigenvalue weighted by Crippen LogP contribution is 2.05. The predicted molar refractivity (Wildman–Crippen MR) is 55.7 cm³/mol. The molecular weight excluding hydrogens is 248 g/mol. The Morgan fingerprint density at radius 2 is 2.50 bits per heavy atom. The topological polar surface area (TPSA) is 81.6 Å². The van der Waals surface area contributed by atoms with Crippen LogP contribution in [0, 0.1) is 11.8 Å². The van der Waals surface area contributed by atoms with Gasteiger partial charge in [-0.3, -0.25) is 4.79 Å². The molecule has 0 radical (unpaired) electrons. The number of nitrogens with zero attached hydrogens (tertiary/aromatic N) is 3. The van der Waals surface area contributed by atoms with Crippen LogP contribution >= 0.6 is 15.9 Å². The van der Waals surface area contributed by atoms with Crippen molar-refractivity contribution in [2.45, 2.75) is 0 Å². The molecule has 0 unspecified atom stereocenters. The molecule has 1 aromatic rings. The first-order valence-corrected chi connectivity index (χ1v) is 4.41. The van der Waals surface area contributed by atoms with Crippen molar-refractivity contribution in [2.75, 3.05) is 6.54 Å². The minimum absolute atomic E-state index is 0.0580. The lowest BCUT2D eigenvalue weighted by atomic mass is 10.3. The zero-order valence-corrected chi connectivity index (χ0v) is 8.58. The smallest absolute Gasteiger partial charge is 0.263 e. The van der Waals surface area contributed by atoms with E-state index >= 15 is 0 Å². The second-order valence-corrected chi connectivity index (χ2v) is 3.17. The lowest BCUT2D eigenvalue weighted by Gasteiger charge is -1.90. The minimum Gasteiger partial charge on any atom is -0.327 e. The number of pyridine rings is 1. The summed E-state index contributed by atoms with van der Waals surface area (Å²) in [6.45, 7) is 0.0580. The number of halogens is 1. The molecule has 0 fully saturated rings. The van der Waals surface area contributed by atoms with Gasteiger partial charge in [0.2, 0.25) is 0 Å². The Labute approximate surface area is 87.9 Å². The maximum Gasteiger partial charge on any atom is 0.263 e. The van der Waals surface area contributed by atoms with Gasteiger partial charge in [0.05, 0.1) is 12.1 Å². The second-order valence-electron chi connectivity index (χ2n) is 2.25. The number of hydrogen-bond donors (Lipinski definition) is 1. The van der Waals surface area contributed by atoms with Crippen molar-refractivity contribution < 1.29 is 0 Å². The molecule has 0 spiro atoms. The molecule has 0 aliphatic rings. The highest BCUT2D eigenvalue weighted by molar-refractivity contribution is 9.10. The van der Waals surface area contributed by atoms with Gasteiger partial charge in [-0.15, -0.1) is 0 Å². The fraction of sp³-hybridized carbons (Fsp3) is 0.125. The van der Waals surface area contributed by atoms with E-state index in [4.69, 9.17) is 5.53 Å². The molecule has 5 nitrogen and oxygen atoms in total. The highest BCUT2D eigenvalue weighted by atomic mass is 79.9. The summed E-state index contributed by atoms with van der Waals surface area (Å²) in [5.41, 5.74) is 8.06. The Morgan fingerprint density at radius 3 is 3.21 bits per heavy atom. The van der Waals surface area contributed by atoms with Crippen LogP contribution in [0.5, 0.6) is 0 Å². The molecule has 0 saturated carbocycles. The summed E-state index contributed by atoms with van der Waals surface area (Å²) >= 11 is 3.20. The Bertz CT molecular complexity index is 490. The van der Waals surface area contributed by atoms with Crippen molar-refractivity contribution in [3.05, 3.63) is 43.1 Å². The molecule has 0 atom stereocenters. The molecule has 1 heterocycles. The number of nitrogens with one attached hydrogen (secondary N) is 1. The SMILES string of the molecule is [N-]=[N+]=NCC#Cc1cc(Br)c[nH]c1=O. The van der Waals surface area contributed by atoms with Gasteiger partial charge in [0.1, 0.15) is 0 Å². The van der Waals surface area contributed by atoms with Crippen molar-refractivity contribution >= 4 is 15.9 Å². The van der Waals surface area contributed by atoms with Gasteiger partial charge in [-0.05, 0) is 27.5 Å². The van der Waals surface area contributed by atoms with E-state index in [2.05, 4.69) is 42.8 Å². The Kier molecular flexibility index (Phi) is 3.80. The second kappa shape index (κ2) is 5.12. The van der Waals surface area contributed by atoms with Gasteiger partial charge in [0.25, 0.3) is 5.56 Å². The molecule has 0 aliphatic carbocycles. The highest BCUT2D eigenvalue weighted by Gasteiger charge is 1.94. The van der Waals surface area contributed by atoms with E-state index in [0.29, 0.717) is 5.56 Å². The van der Waals surface area contributed by atoms with E-state index < -0.39 is 0 Å². The van der Waals surface area contributed by atoms with Crippen molar-refractivity contribution in [3.63, 3.8) is 0 Å². The molecule has 0 amide bonds. The first-order valence-electron chi connectivity index (χ1n) is 3.62. The fourth-order valence-electron chi connectivity index (χ4n) is 0.752. The molecule has 0 saturated heterocycles. The van der Waals surface area contributed by atoms with E-state index in [1.807, 2.05) is 0 Å². The number of rotatable bonds is 1. The van der Waals surface area contributed by atoms with E-state index in [-0.39, 0.29) is 12.1 Å². The standard InChI is InChI=1S/C8H5BrN4O/c9-7-4-6(8(14)11-5-7)2-1-3-12-13-10/h4-5H,3H2,(H,11,14). The average molecular weight is 253 g/mol. The number of hydrogen-bond acceptors (Lipinski definition) is 2. The van der Waals surface area contributed by atoms with Crippen LogP contribution in [0.4, 0.5) is 0 Å². The van der Waals surface area contributed by atoms with Gasteiger partial charge in [-0.25, -0.2) is 0 Å². The van der Waals surface area contributed by atoms with Crippen LogP contribution in [0.1, 0.15) is 5.56 Å². The molecule has 1 aromatic heterocycles. The van der Waals surface area contributed by atoms with E-state index in [1.165, 1.54) is 6.20 Å². The van der Waals surface area contributed by atoms with Gasteiger partial charge in [0.15, 0.2) is 0 Å². The lowest BCUT2D eigenvalue weighted by Crippen LogP contribution is -2.08. The Morgan fingerprint density at radius 1 is 1.71 bits per heavy atom.